The van der Waals surface area contributed by atoms with Crippen LogP contribution in [0.3, 0.4) is 0 Å². The number of rotatable bonds is 7. The van der Waals surface area contributed by atoms with Gasteiger partial charge in [-0.15, -0.1) is 0 Å². The monoisotopic (exact) mass is 387 g/mol. The minimum Gasteiger partial charge on any atom is -0.479 e. The predicted molar refractivity (Wildman–Crippen MR) is 97.7 cm³/mol. The van der Waals surface area contributed by atoms with Crippen molar-refractivity contribution in [2.24, 2.45) is 7.05 Å². The van der Waals surface area contributed by atoms with Crippen molar-refractivity contribution < 1.29 is 18.9 Å². The van der Waals surface area contributed by atoms with Gasteiger partial charge < -0.3 is 9.15 Å². The highest BCUT2D eigenvalue weighted by molar-refractivity contribution is 6.34. The number of para-hydroxylation sites is 2. The van der Waals surface area contributed by atoms with Crippen LogP contribution in [0.1, 0.15) is 22.0 Å². The molecule has 2 heterocycles. The summed E-state index contributed by atoms with van der Waals surface area (Å²) in [6, 6.07) is 9.39. The number of hydrogen-bond acceptors (Lipinski definition) is 6. The maximum atomic E-state index is 12.1. The highest BCUT2D eigenvalue weighted by atomic mass is 35.5. The standard InChI is InChI=1S/C18H14ClN3O5/c1-21-10-14(19)18(20-21)16(23)9-8-12-6-7-13(27-12)11-26-17-5-3-2-4-15(17)22(24)25/h2-10H,11H2,1H3/b9-8+. The fourth-order valence-corrected chi connectivity index (χ4v) is 2.58. The van der Waals surface area contributed by atoms with Gasteiger partial charge in [-0.05, 0) is 30.4 Å². The zero-order chi connectivity index (χ0) is 19.4. The lowest BCUT2D eigenvalue weighted by molar-refractivity contribution is -0.386. The number of carbonyl (C=O) groups is 1. The first-order valence-electron chi connectivity index (χ1n) is 7.80. The lowest BCUT2D eigenvalue weighted by atomic mass is 10.2. The van der Waals surface area contributed by atoms with E-state index in [2.05, 4.69) is 5.10 Å². The number of ketones is 1. The topological polar surface area (TPSA) is 100 Å². The Balaban J connectivity index is 1.64. The molecule has 27 heavy (non-hydrogen) atoms. The van der Waals surface area contributed by atoms with Gasteiger partial charge in [0.15, 0.2) is 11.4 Å². The van der Waals surface area contributed by atoms with E-state index in [4.69, 9.17) is 20.8 Å². The number of halogens is 1. The van der Waals surface area contributed by atoms with Gasteiger partial charge in [0.05, 0.1) is 9.95 Å². The van der Waals surface area contributed by atoms with Gasteiger partial charge in [0.1, 0.15) is 18.1 Å². The first-order valence-corrected chi connectivity index (χ1v) is 8.18. The van der Waals surface area contributed by atoms with Crippen molar-refractivity contribution in [3.63, 3.8) is 0 Å². The Hall–Kier alpha value is -3.39. The van der Waals surface area contributed by atoms with Crippen LogP contribution in [-0.2, 0) is 13.7 Å². The highest BCUT2D eigenvalue weighted by Crippen LogP contribution is 2.27. The Labute approximate surface area is 158 Å². The minimum absolute atomic E-state index is 0.0126. The zero-order valence-electron chi connectivity index (χ0n) is 14.2. The molecule has 0 aliphatic carbocycles. The predicted octanol–water partition coefficient (Wildman–Crippen LogP) is 4.05. The molecule has 0 fully saturated rings. The Morgan fingerprint density at radius 1 is 1.37 bits per heavy atom. The molecule has 0 N–H and O–H groups in total. The normalized spacial score (nSPS) is 11.0. The second-order valence-corrected chi connectivity index (χ2v) is 5.92. The molecule has 0 saturated carbocycles. The van der Waals surface area contributed by atoms with E-state index in [1.165, 1.54) is 35.2 Å². The number of nitro groups is 1. The van der Waals surface area contributed by atoms with Gasteiger partial charge in [-0.1, -0.05) is 23.7 Å². The molecule has 138 valence electrons. The number of nitrogens with zero attached hydrogens (tertiary/aromatic N) is 3. The Morgan fingerprint density at radius 2 is 2.15 bits per heavy atom. The molecule has 0 unspecified atom stereocenters. The minimum atomic E-state index is -0.514. The van der Waals surface area contributed by atoms with Crippen LogP contribution in [0.4, 0.5) is 5.69 Å². The Kier molecular flexibility index (Phi) is 5.37. The molecule has 0 saturated heterocycles. The fourth-order valence-electron chi connectivity index (χ4n) is 2.30. The summed E-state index contributed by atoms with van der Waals surface area (Å²) in [5, 5.41) is 15.2. The molecule has 2 aromatic heterocycles. The third-order valence-electron chi connectivity index (χ3n) is 3.53. The number of ether oxygens (including phenoxy) is 1. The van der Waals surface area contributed by atoms with Crippen molar-refractivity contribution in [2.75, 3.05) is 0 Å². The molecule has 0 aliphatic heterocycles. The summed E-state index contributed by atoms with van der Waals surface area (Å²) in [6.07, 6.45) is 4.33. The summed E-state index contributed by atoms with van der Waals surface area (Å²) in [7, 11) is 1.67. The van der Waals surface area contributed by atoms with Gasteiger partial charge >= 0.3 is 5.69 Å². The van der Waals surface area contributed by atoms with Crippen LogP contribution in [-0.4, -0.2) is 20.5 Å². The lowest BCUT2D eigenvalue weighted by Gasteiger charge is -2.04. The quantitative estimate of drug-likeness (QED) is 0.262. The van der Waals surface area contributed by atoms with Gasteiger partial charge in [-0.25, -0.2) is 0 Å². The molecular formula is C18H14ClN3O5. The smallest absolute Gasteiger partial charge is 0.310 e. The lowest BCUT2D eigenvalue weighted by Crippen LogP contribution is -1.98. The van der Waals surface area contributed by atoms with Crippen molar-refractivity contribution in [2.45, 2.75) is 6.61 Å². The van der Waals surface area contributed by atoms with Crippen molar-refractivity contribution >= 4 is 29.1 Å². The molecule has 3 aromatic rings. The van der Waals surface area contributed by atoms with Crippen LogP contribution in [0, 0.1) is 10.1 Å². The van der Waals surface area contributed by atoms with Crippen molar-refractivity contribution in [3.8, 4) is 5.75 Å². The molecule has 3 rings (SSSR count). The highest BCUT2D eigenvalue weighted by Gasteiger charge is 2.15. The molecule has 0 aliphatic rings. The molecule has 8 nitrogen and oxygen atoms in total. The third kappa shape index (κ3) is 4.42. The van der Waals surface area contributed by atoms with Gasteiger partial charge in [0.2, 0.25) is 5.78 Å². The van der Waals surface area contributed by atoms with E-state index in [0.717, 1.165) is 0 Å². The number of nitro benzene ring substituents is 1. The average molecular weight is 388 g/mol. The number of hydrogen-bond donors (Lipinski definition) is 0. The first kappa shape index (κ1) is 18.4. The third-order valence-corrected chi connectivity index (χ3v) is 3.81. The van der Waals surface area contributed by atoms with Crippen LogP contribution in [0.5, 0.6) is 5.75 Å². The summed E-state index contributed by atoms with van der Waals surface area (Å²) < 4.78 is 12.4. The summed E-state index contributed by atoms with van der Waals surface area (Å²) in [5.74, 6) is 0.679. The average Bonchev–Trinajstić information content (AvgIpc) is 3.23. The van der Waals surface area contributed by atoms with Crippen LogP contribution in [0.2, 0.25) is 5.02 Å². The second-order valence-electron chi connectivity index (χ2n) is 5.51. The summed E-state index contributed by atoms with van der Waals surface area (Å²) in [6.45, 7) is 0.0126. The van der Waals surface area contributed by atoms with Gasteiger partial charge in [-0.2, -0.15) is 5.10 Å². The van der Waals surface area contributed by atoms with Gasteiger partial charge in [-0.3, -0.25) is 19.6 Å². The number of furan rings is 1. The second kappa shape index (κ2) is 7.88. The molecule has 9 heteroatoms. The van der Waals surface area contributed by atoms with Crippen LogP contribution in [0.25, 0.3) is 6.08 Å². The number of aromatic nitrogens is 2. The number of aryl methyl sites for hydroxylation is 1. The molecule has 0 radical (unpaired) electrons. The first-order chi connectivity index (χ1) is 12.9. The summed E-state index contributed by atoms with van der Waals surface area (Å²) in [4.78, 5) is 22.6. The van der Waals surface area contributed by atoms with E-state index < -0.39 is 4.92 Å². The van der Waals surface area contributed by atoms with E-state index in [-0.39, 0.29) is 34.5 Å². The number of carbonyl (C=O) groups excluding carboxylic acids is 1. The van der Waals surface area contributed by atoms with Gasteiger partial charge in [0, 0.05) is 19.3 Å². The van der Waals surface area contributed by atoms with Crippen molar-refractivity contribution in [1.82, 2.24) is 9.78 Å². The molecular weight excluding hydrogens is 374 g/mol. The SMILES string of the molecule is Cn1cc(Cl)c(C(=O)/C=C/c2ccc(COc3ccccc3[N+](=O)[O-])o2)n1. The molecule has 0 spiro atoms. The maximum absolute atomic E-state index is 12.1. The molecule has 0 amide bonds. The van der Waals surface area contributed by atoms with Gasteiger partial charge in [0.25, 0.3) is 0 Å². The summed E-state index contributed by atoms with van der Waals surface area (Å²) >= 11 is 5.93. The Morgan fingerprint density at radius 3 is 2.85 bits per heavy atom. The summed E-state index contributed by atoms with van der Waals surface area (Å²) in [5.41, 5.74) is 0.0314. The number of benzene rings is 1. The van der Waals surface area contributed by atoms with E-state index in [1.807, 2.05) is 0 Å². The largest absolute Gasteiger partial charge is 0.479 e. The van der Waals surface area contributed by atoms with Crippen LogP contribution in [0.15, 0.2) is 53.1 Å². The molecule has 0 bridgehead atoms. The van der Waals surface area contributed by atoms with Crippen molar-refractivity contribution in [3.05, 3.63) is 81.0 Å². The van der Waals surface area contributed by atoms with E-state index in [9.17, 15) is 14.9 Å². The fraction of sp³-hybridized carbons (Fsp3) is 0.111. The maximum Gasteiger partial charge on any atom is 0.310 e. The molecule has 0 atom stereocenters. The number of allylic oxidation sites excluding steroid dienone is 1. The van der Waals surface area contributed by atoms with E-state index in [0.29, 0.717) is 11.5 Å². The van der Waals surface area contributed by atoms with Crippen LogP contribution < -0.4 is 4.74 Å². The van der Waals surface area contributed by atoms with Crippen LogP contribution >= 0.6 is 11.6 Å². The van der Waals surface area contributed by atoms with E-state index >= 15 is 0 Å². The zero-order valence-corrected chi connectivity index (χ0v) is 14.9. The Bertz CT molecular complexity index is 1020. The van der Waals surface area contributed by atoms with Crippen molar-refractivity contribution in [1.29, 1.82) is 0 Å². The molecule has 1 aromatic carbocycles. The van der Waals surface area contributed by atoms with E-state index in [1.54, 1.807) is 31.3 Å².